The largest absolute Gasteiger partial charge is 0.345 e. The zero-order chi connectivity index (χ0) is 9.30. The lowest BCUT2D eigenvalue weighted by atomic mass is 10.5. The van der Waals surface area contributed by atoms with E-state index >= 15 is 0 Å². The topological polar surface area (TPSA) is 51.0 Å². The van der Waals surface area contributed by atoms with Gasteiger partial charge in [0.1, 0.15) is 5.03 Å². The Labute approximate surface area is 75.8 Å². The van der Waals surface area contributed by atoms with Gasteiger partial charge in [0.2, 0.25) is 0 Å². The van der Waals surface area contributed by atoms with Crippen molar-refractivity contribution in [1.29, 1.82) is 0 Å². The van der Waals surface area contributed by atoms with Crippen molar-refractivity contribution in [2.24, 2.45) is 0 Å². The molecule has 0 saturated carbocycles. The predicted octanol–water partition coefficient (Wildman–Crippen LogP) is 0.405. The van der Waals surface area contributed by atoms with E-state index in [2.05, 4.69) is 22.9 Å². The summed E-state index contributed by atoms with van der Waals surface area (Å²) in [5.74, 6) is 0. The number of hydrogen-bond acceptors (Lipinski definition) is 4. The summed E-state index contributed by atoms with van der Waals surface area (Å²) in [6.45, 7) is 1.74. The monoisotopic (exact) mass is 186 g/mol. The Morgan fingerprint density at radius 1 is 1.58 bits per heavy atom. The van der Waals surface area contributed by atoms with Crippen LogP contribution in [0.5, 0.6) is 0 Å². The summed E-state index contributed by atoms with van der Waals surface area (Å²) >= 11 is 4.02. The van der Waals surface area contributed by atoms with Gasteiger partial charge in [-0.25, -0.2) is 4.79 Å². The second kappa shape index (κ2) is 3.14. The van der Waals surface area contributed by atoms with Crippen LogP contribution in [0.2, 0.25) is 0 Å². The SMILES string of the molecule is Cc1c(S)nnn1C(=O)N(C)C. The van der Waals surface area contributed by atoms with Gasteiger partial charge in [0.25, 0.3) is 0 Å². The average molecular weight is 186 g/mol. The maximum Gasteiger partial charge on any atom is 0.345 e. The fraction of sp³-hybridized carbons (Fsp3) is 0.500. The molecule has 5 nitrogen and oxygen atoms in total. The molecule has 0 aliphatic heterocycles. The van der Waals surface area contributed by atoms with Gasteiger partial charge >= 0.3 is 6.03 Å². The lowest BCUT2D eigenvalue weighted by molar-refractivity contribution is 0.214. The molecule has 1 aromatic heterocycles. The highest BCUT2D eigenvalue weighted by atomic mass is 32.1. The predicted molar refractivity (Wildman–Crippen MR) is 46.5 cm³/mol. The summed E-state index contributed by atoms with van der Waals surface area (Å²) in [5, 5.41) is 7.76. The molecule has 0 N–H and O–H groups in total. The zero-order valence-electron chi connectivity index (χ0n) is 7.14. The number of hydrogen-bond donors (Lipinski definition) is 1. The van der Waals surface area contributed by atoms with Gasteiger partial charge in [-0.2, -0.15) is 4.68 Å². The first-order valence-corrected chi connectivity index (χ1v) is 3.81. The summed E-state index contributed by atoms with van der Waals surface area (Å²) in [5.41, 5.74) is 0.650. The zero-order valence-corrected chi connectivity index (χ0v) is 8.04. The highest BCUT2D eigenvalue weighted by molar-refractivity contribution is 7.80. The number of nitrogens with zero attached hydrogens (tertiary/aromatic N) is 4. The molecule has 66 valence electrons. The van der Waals surface area contributed by atoms with Crippen molar-refractivity contribution in [2.75, 3.05) is 14.1 Å². The molecule has 1 amide bonds. The van der Waals surface area contributed by atoms with Crippen LogP contribution in [-0.2, 0) is 0 Å². The number of amides is 1. The fourth-order valence-corrected chi connectivity index (χ4v) is 0.827. The first-order valence-electron chi connectivity index (χ1n) is 3.37. The minimum atomic E-state index is -0.222. The molecule has 1 rings (SSSR count). The van der Waals surface area contributed by atoms with Crippen LogP contribution in [0.25, 0.3) is 0 Å². The van der Waals surface area contributed by atoms with E-state index in [1.54, 1.807) is 21.0 Å². The summed E-state index contributed by atoms with van der Waals surface area (Å²) < 4.78 is 1.21. The first-order chi connectivity index (χ1) is 5.54. The van der Waals surface area contributed by atoms with Crippen molar-refractivity contribution in [3.05, 3.63) is 5.69 Å². The first kappa shape index (κ1) is 9.05. The smallest absolute Gasteiger partial charge is 0.329 e. The molecule has 12 heavy (non-hydrogen) atoms. The van der Waals surface area contributed by atoms with Crippen LogP contribution in [0.3, 0.4) is 0 Å². The molecule has 0 aliphatic rings. The maximum absolute atomic E-state index is 11.3. The van der Waals surface area contributed by atoms with E-state index in [1.807, 2.05) is 0 Å². The van der Waals surface area contributed by atoms with Gasteiger partial charge in [0.05, 0.1) is 5.69 Å². The molecule has 6 heteroatoms. The van der Waals surface area contributed by atoms with Gasteiger partial charge in [-0.1, -0.05) is 5.21 Å². The summed E-state index contributed by atoms with van der Waals surface area (Å²) in [6, 6.07) is -0.222. The highest BCUT2D eigenvalue weighted by Gasteiger charge is 2.13. The molecule has 0 unspecified atom stereocenters. The van der Waals surface area contributed by atoms with Gasteiger partial charge in [0.15, 0.2) is 0 Å². The van der Waals surface area contributed by atoms with Crippen LogP contribution >= 0.6 is 12.6 Å². The van der Waals surface area contributed by atoms with Crippen LogP contribution in [0, 0.1) is 6.92 Å². The lowest BCUT2D eigenvalue weighted by Gasteiger charge is -2.09. The lowest BCUT2D eigenvalue weighted by Crippen LogP contribution is -2.28. The molecular weight excluding hydrogens is 176 g/mol. The van der Waals surface area contributed by atoms with Crippen LogP contribution < -0.4 is 0 Å². The van der Waals surface area contributed by atoms with E-state index in [4.69, 9.17) is 0 Å². The van der Waals surface area contributed by atoms with Crippen molar-refractivity contribution >= 4 is 18.7 Å². The minimum Gasteiger partial charge on any atom is -0.329 e. The minimum absolute atomic E-state index is 0.222. The molecule has 0 fully saturated rings. The number of rotatable bonds is 0. The molecule has 0 bridgehead atoms. The molecule has 1 aromatic rings. The van der Waals surface area contributed by atoms with Crippen molar-refractivity contribution in [2.45, 2.75) is 11.9 Å². The Hall–Kier alpha value is -1.04. The average Bonchev–Trinajstić information content (AvgIpc) is 2.32. The van der Waals surface area contributed by atoms with Crippen LogP contribution in [0.4, 0.5) is 4.79 Å². The van der Waals surface area contributed by atoms with Gasteiger partial charge in [-0.3, -0.25) is 0 Å². The fourth-order valence-electron chi connectivity index (χ4n) is 0.692. The molecule has 0 radical (unpaired) electrons. The van der Waals surface area contributed by atoms with Gasteiger partial charge < -0.3 is 4.90 Å². The second-order valence-electron chi connectivity index (χ2n) is 2.59. The van der Waals surface area contributed by atoms with Gasteiger partial charge in [0, 0.05) is 14.1 Å². The Morgan fingerprint density at radius 3 is 2.50 bits per heavy atom. The summed E-state index contributed by atoms with van der Waals surface area (Å²) in [6.07, 6.45) is 0. The third-order valence-corrected chi connectivity index (χ3v) is 1.85. The van der Waals surface area contributed by atoms with E-state index in [0.717, 1.165) is 0 Å². The summed E-state index contributed by atoms with van der Waals surface area (Å²) in [4.78, 5) is 12.8. The third kappa shape index (κ3) is 1.42. The molecule has 0 atom stereocenters. The third-order valence-electron chi connectivity index (χ3n) is 1.43. The van der Waals surface area contributed by atoms with E-state index in [0.29, 0.717) is 10.7 Å². The van der Waals surface area contributed by atoms with Gasteiger partial charge in [-0.05, 0) is 6.92 Å². The number of carbonyl (C=O) groups excluding carboxylic acids is 1. The second-order valence-corrected chi connectivity index (χ2v) is 3.01. The van der Waals surface area contributed by atoms with Crippen molar-refractivity contribution in [1.82, 2.24) is 19.9 Å². The van der Waals surface area contributed by atoms with Crippen LogP contribution in [0.1, 0.15) is 5.69 Å². The van der Waals surface area contributed by atoms with E-state index < -0.39 is 0 Å². The quantitative estimate of drug-likeness (QED) is 0.597. The number of aromatic nitrogens is 3. The Morgan fingerprint density at radius 2 is 2.17 bits per heavy atom. The van der Waals surface area contributed by atoms with Crippen molar-refractivity contribution in [3.8, 4) is 0 Å². The Bertz CT molecular complexity index is 306. The number of carbonyl (C=O) groups is 1. The van der Waals surface area contributed by atoms with Crippen LogP contribution in [0.15, 0.2) is 5.03 Å². The Balaban J connectivity index is 3.04. The molecule has 0 aliphatic carbocycles. The Kier molecular flexibility index (Phi) is 2.37. The standard InChI is InChI=1S/C6H10N4OS/c1-4-5(12)7-8-10(4)6(11)9(2)3/h12H,1-3H3. The highest BCUT2D eigenvalue weighted by Crippen LogP contribution is 2.07. The van der Waals surface area contributed by atoms with Crippen molar-refractivity contribution in [3.63, 3.8) is 0 Å². The molecule has 1 heterocycles. The van der Waals surface area contributed by atoms with Crippen molar-refractivity contribution < 1.29 is 4.79 Å². The molecule has 0 saturated heterocycles. The van der Waals surface area contributed by atoms with Crippen LogP contribution in [-0.4, -0.2) is 40.0 Å². The van der Waals surface area contributed by atoms with Gasteiger partial charge in [-0.15, -0.1) is 17.7 Å². The normalized spacial score (nSPS) is 10.0. The maximum atomic E-state index is 11.3. The summed E-state index contributed by atoms with van der Waals surface area (Å²) in [7, 11) is 3.31. The van der Waals surface area contributed by atoms with E-state index in [-0.39, 0.29) is 6.03 Å². The number of thiol groups is 1. The molecule has 0 aromatic carbocycles. The van der Waals surface area contributed by atoms with E-state index in [9.17, 15) is 4.79 Å². The van der Waals surface area contributed by atoms with E-state index in [1.165, 1.54) is 9.58 Å². The molecular formula is C6H10N4OS. The molecule has 0 spiro atoms.